The Labute approximate surface area is 657 Å². The Morgan fingerprint density at radius 3 is 1.38 bits per heavy atom. The van der Waals surface area contributed by atoms with E-state index < -0.39 is 4.92 Å². The van der Waals surface area contributed by atoms with Crippen LogP contribution >= 0.6 is 0 Å². The van der Waals surface area contributed by atoms with Crippen LogP contribution in [0.3, 0.4) is 0 Å². The van der Waals surface area contributed by atoms with Crippen LogP contribution in [0.25, 0.3) is 27.9 Å². The monoisotopic (exact) mass is 1520 g/mol. The molecule has 1 radical (unpaired) electrons. The van der Waals surface area contributed by atoms with Gasteiger partial charge in [0.15, 0.2) is 5.69 Å². The average molecular weight is 1520 g/mol. The molecule has 2 aromatic heterocycles. The predicted octanol–water partition coefficient (Wildman–Crippen LogP) is 17.7. The van der Waals surface area contributed by atoms with Gasteiger partial charge in [0.25, 0.3) is 5.69 Å². The first-order valence-corrected chi connectivity index (χ1v) is 39.7. The van der Waals surface area contributed by atoms with Gasteiger partial charge in [-0.1, -0.05) is 129 Å². The van der Waals surface area contributed by atoms with Crippen LogP contribution in [-0.4, -0.2) is 227 Å². The van der Waals surface area contributed by atoms with Crippen LogP contribution < -0.4 is 20.0 Å². The molecule has 21 heteroatoms. The first-order valence-electron chi connectivity index (χ1n) is 39.7. The van der Waals surface area contributed by atoms with Crippen LogP contribution in [0.1, 0.15) is 179 Å². The summed E-state index contributed by atoms with van der Waals surface area (Å²) < 4.78 is 9.73. The van der Waals surface area contributed by atoms with Crippen molar-refractivity contribution in [2.75, 3.05) is 162 Å². The summed E-state index contributed by atoms with van der Waals surface area (Å²) >= 11 is 0. The van der Waals surface area contributed by atoms with Gasteiger partial charge in [-0.15, -0.1) is 0 Å². The van der Waals surface area contributed by atoms with Crippen LogP contribution in [0, 0.1) is 40.1 Å². The van der Waals surface area contributed by atoms with E-state index in [-0.39, 0.29) is 55.4 Å². The van der Waals surface area contributed by atoms with Gasteiger partial charge in [0.2, 0.25) is 6.41 Å². The number of nitrogens with zero attached hydrogens (tertiary/aromatic N) is 11. The molecule has 0 spiro atoms. The zero-order chi connectivity index (χ0) is 77.4. The van der Waals surface area contributed by atoms with Gasteiger partial charge in [-0.2, -0.15) is 18.2 Å². The molecule has 104 heavy (non-hydrogen) atoms. The van der Waals surface area contributed by atoms with E-state index in [1.54, 1.807) is 33.3 Å². The summed E-state index contributed by atoms with van der Waals surface area (Å²) in [7, 11) is 10.8. The molecule has 14 rings (SSSR count). The number of aromatic nitrogens is 2. The number of hydrogen-bond donors (Lipinski definition) is 3. The first kappa shape index (κ1) is 98.5. The zero-order valence-electron chi connectivity index (χ0n) is 69.6. The Hall–Kier alpha value is -5.52. The molecule has 8 aliphatic heterocycles. The number of nitro benzene ring substituents is 2. The third-order valence-electron chi connectivity index (χ3n) is 18.5. The molecule has 0 aliphatic carbocycles. The molecule has 4 unspecified atom stereocenters. The number of aromatic amines is 2. The van der Waals surface area contributed by atoms with Gasteiger partial charge < -0.3 is 44.4 Å². The summed E-state index contributed by atoms with van der Waals surface area (Å²) in [5.41, 5.74) is 9.30. The topological polar surface area (TPSA) is 178 Å². The number of benzene rings is 4. The Bertz CT molecular complexity index is 3160. The van der Waals surface area contributed by atoms with E-state index in [9.17, 15) is 20.2 Å². The Morgan fingerprint density at radius 2 is 0.962 bits per heavy atom. The molecular weight excluding hydrogens is 1380 g/mol. The summed E-state index contributed by atoms with van der Waals surface area (Å²) in [5.74, 6) is 0. The quantitative estimate of drug-likeness (QED) is 0.0510. The van der Waals surface area contributed by atoms with Crippen LogP contribution in [0.15, 0.2) is 97.5 Å². The summed E-state index contributed by atoms with van der Waals surface area (Å²) in [6, 6.07) is 31.7. The second-order valence-electron chi connectivity index (χ2n) is 24.8. The molecule has 6 aromatic rings. The molecule has 3 N–H and O–H groups in total. The predicted molar refractivity (Wildman–Crippen MR) is 444 cm³/mol. The SMILES string of the molecule is C1CC2CNCCN2C1.CC.CC.CC.CC.CC.CC.CC.CC.CN(C)/C=C/c1cc(N2CCN3CCCC3C2)ccc1[N+](=O)[O-].COC(OC)N(C)C.Cc1c[c-]ccc1[N+](=O)[O-].Cc1c[nH]c2ccc(N3CCN4CCCC4C3)cc12.[Y].c1cc2cc(N3CCN4CCCC4C3)ccc2[nH]1. The number of piperazine rings is 4. The third-order valence-corrected chi connectivity index (χ3v) is 18.5. The fourth-order valence-corrected chi connectivity index (χ4v) is 13.8. The number of hydrogen-bond acceptors (Lipinski definition) is 16. The molecular formula is C83H145N14O6Y-. The maximum Gasteiger partial charge on any atom is 0.276 e. The van der Waals surface area contributed by atoms with Gasteiger partial charge in [0, 0.05) is 226 Å². The van der Waals surface area contributed by atoms with Crippen molar-refractivity contribution in [3.63, 3.8) is 0 Å². The second-order valence-corrected chi connectivity index (χ2v) is 24.8. The van der Waals surface area contributed by atoms with Crippen molar-refractivity contribution in [3.8, 4) is 0 Å². The first-order chi connectivity index (χ1) is 50.2. The van der Waals surface area contributed by atoms with Gasteiger partial charge in [-0.05, 0) is 171 Å². The standard InChI is InChI=1S/C17H24N4O2.C16H21N3.C15H19N3.C7H14N2.C7H6NO2.C5H13NO2.8C2H6.Y/c1-18(2)9-7-14-12-15(5-6-17(14)21(22)23)20-11-10-19-8-3-4-16(19)13-20;1-12-10-17-16-5-4-13(9-15(12)16)19-8-7-18-6-2-3-14(18)11-19;1-2-14-11-18(9-8-17(14)7-1)13-3-4-15-12(10-13)5-6-16-15;1-2-7-6-8-3-5-9(7)4-1;1-6-4-2-3-5-7(6)8(9)10;1-6(2)5(7-3)8-4;8*1-2;/h5-7,9,12,16H,3-4,8,10-11,13H2,1-2H3;4-5,9-10,14,17H,2-3,6-8,11H2,1H3;3-6,10,14,16H,1-2,7-9,11H2;7-8H,1-6H2;3-5H,1H3;5H,1-4H3;8*1-2H3;/q;;;;-1;;;;;;;;;;/b9-7+;;;;;;;;;;;;;;. The number of rotatable bonds is 10. The molecule has 587 valence electrons. The maximum atomic E-state index is 11.2. The molecule has 4 aromatic carbocycles. The number of ether oxygens (including phenoxy) is 2. The number of nitro groups is 2. The van der Waals surface area contributed by atoms with Crippen molar-refractivity contribution in [1.29, 1.82) is 0 Å². The van der Waals surface area contributed by atoms with Gasteiger partial charge in [0.1, 0.15) is 0 Å². The number of anilines is 3. The fraction of sp³-hybridized carbons (Fsp3) is 0.639. The average Bonchev–Trinajstić information content (AvgIpc) is 1.58. The van der Waals surface area contributed by atoms with Crippen LogP contribution in [0.4, 0.5) is 28.4 Å². The van der Waals surface area contributed by atoms with E-state index in [0.29, 0.717) is 17.2 Å². The molecule has 10 heterocycles. The molecule has 0 saturated carbocycles. The van der Waals surface area contributed by atoms with Crippen molar-refractivity contribution in [2.45, 2.75) is 207 Å². The maximum absolute atomic E-state index is 11.2. The minimum absolute atomic E-state index is 0. The van der Waals surface area contributed by atoms with E-state index in [2.05, 4.69) is 111 Å². The van der Waals surface area contributed by atoms with E-state index in [0.717, 1.165) is 43.4 Å². The van der Waals surface area contributed by atoms with Crippen molar-refractivity contribution in [1.82, 2.24) is 44.7 Å². The smallest absolute Gasteiger partial charge is 0.276 e. The fourth-order valence-electron chi connectivity index (χ4n) is 13.8. The van der Waals surface area contributed by atoms with Gasteiger partial charge >= 0.3 is 0 Å². The second kappa shape index (κ2) is 57.6. The summed E-state index contributed by atoms with van der Waals surface area (Å²) in [5, 5.41) is 27.6. The van der Waals surface area contributed by atoms with E-state index >= 15 is 0 Å². The minimum atomic E-state index is -0.400. The van der Waals surface area contributed by atoms with Crippen LogP contribution in [0.2, 0.25) is 0 Å². The third kappa shape index (κ3) is 31.7. The van der Waals surface area contributed by atoms with Gasteiger partial charge in [0.05, 0.1) is 10.5 Å². The summed E-state index contributed by atoms with van der Waals surface area (Å²) in [6.45, 7) is 55.1. The van der Waals surface area contributed by atoms with Crippen LogP contribution in [0.5, 0.6) is 0 Å². The number of aryl methyl sites for hydroxylation is 2. The van der Waals surface area contributed by atoms with Gasteiger partial charge in [-0.25, -0.2) is 0 Å². The normalized spacial score (nSPS) is 18.8. The zero-order valence-corrected chi connectivity index (χ0v) is 72.5. The van der Waals surface area contributed by atoms with E-state index in [1.165, 1.54) is 187 Å². The molecule has 8 saturated heterocycles. The Balaban J connectivity index is 0.00000121. The van der Waals surface area contributed by atoms with E-state index in [1.807, 2.05) is 179 Å². The number of nitrogens with one attached hydrogen (secondary N) is 3. The molecule has 8 aliphatic rings. The molecule has 8 fully saturated rings. The molecule has 0 amide bonds. The number of fused-ring (bicyclic) bond motifs is 6. The molecule has 20 nitrogen and oxygen atoms in total. The Kier molecular flexibility index (Phi) is 54.6. The van der Waals surface area contributed by atoms with E-state index in [4.69, 9.17) is 9.47 Å². The molecule has 4 atom stereocenters. The minimum Gasteiger partial charge on any atom is -0.383 e. The molecule has 0 bridgehead atoms. The van der Waals surface area contributed by atoms with Crippen molar-refractivity contribution < 1.29 is 52.0 Å². The number of methoxy groups -OCH3 is 2. The van der Waals surface area contributed by atoms with Crippen LogP contribution in [-0.2, 0) is 42.2 Å². The number of H-pyrrole nitrogens is 2. The largest absolute Gasteiger partial charge is 0.383 e. The summed E-state index contributed by atoms with van der Waals surface area (Å²) in [6.07, 6.45) is 18.5. The summed E-state index contributed by atoms with van der Waals surface area (Å²) in [4.78, 5) is 49.0. The van der Waals surface area contributed by atoms with Gasteiger partial charge in [-0.3, -0.25) is 44.7 Å². The van der Waals surface area contributed by atoms with Crippen molar-refractivity contribution in [3.05, 3.63) is 140 Å². The Morgan fingerprint density at radius 1 is 0.519 bits per heavy atom. The van der Waals surface area contributed by atoms with Crippen molar-refractivity contribution in [2.24, 2.45) is 0 Å². The van der Waals surface area contributed by atoms with Crippen molar-refractivity contribution >= 4 is 56.3 Å².